The first kappa shape index (κ1) is 17.2. The zero-order valence-electron chi connectivity index (χ0n) is 10.9. The van der Waals surface area contributed by atoms with E-state index in [1.807, 2.05) is 0 Å². The molecule has 0 saturated heterocycles. The molecule has 0 aromatic rings. The van der Waals surface area contributed by atoms with Crippen LogP contribution in [0.5, 0.6) is 0 Å². The second-order valence-corrected chi connectivity index (χ2v) is 8.16. The first-order valence-corrected chi connectivity index (χ1v) is 9.25. The fraction of sp³-hybridized carbons (Fsp3) is 1.00. The molecule has 0 unspecified atom stereocenters. The molecule has 0 spiro atoms. The van der Waals surface area contributed by atoms with E-state index in [1.54, 1.807) is 13.8 Å². The van der Waals surface area contributed by atoms with Crippen molar-refractivity contribution in [2.45, 2.75) is 26.3 Å². The monoisotopic (exact) mass is 288 g/mol. The average Bonchev–Trinajstić information content (AvgIpc) is 2.29. The second-order valence-electron chi connectivity index (χ2n) is 3.34. The minimum absolute atomic E-state index is 0.115. The first-order valence-electron chi connectivity index (χ1n) is 5.62. The zero-order chi connectivity index (χ0) is 13.4. The van der Waals surface area contributed by atoms with Crippen LogP contribution in [0.15, 0.2) is 0 Å². The normalized spacial score (nSPS) is 13.0. The van der Waals surface area contributed by atoms with Crippen LogP contribution in [0, 0.1) is 0 Å². The molecule has 0 aromatic heterocycles. The molecule has 0 atom stereocenters. The van der Waals surface area contributed by atoms with E-state index in [4.69, 9.17) is 17.9 Å². The molecule has 0 aliphatic carbocycles. The lowest BCUT2D eigenvalue weighted by Crippen LogP contribution is -2.34. The standard InChI is InChI=1S/C9H22FO5PSi/c1-5-14-16(11,15-6-2)8-7-9-17(10,12-3)13-4/h5-9H2,1-4H3. The summed E-state index contributed by atoms with van der Waals surface area (Å²) in [6.45, 7) is 4.10. The van der Waals surface area contributed by atoms with Gasteiger partial charge in [-0.2, -0.15) is 0 Å². The summed E-state index contributed by atoms with van der Waals surface area (Å²) in [7, 11) is -4.10. The Labute approximate surface area is 104 Å². The van der Waals surface area contributed by atoms with Gasteiger partial charge in [-0.3, -0.25) is 4.57 Å². The minimum atomic E-state index is -3.58. The van der Waals surface area contributed by atoms with E-state index in [9.17, 15) is 8.67 Å². The third-order valence-corrected chi connectivity index (χ3v) is 6.51. The van der Waals surface area contributed by atoms with Gasteiger partial charge in [-0.15, -0.1) is 0 Å². The van der Waals surface area contributed by atoms with Crippen molar-refractivity contribution < 1.29 is 26.6 Å². The third kappa shape index (κ3) is 6.64. The van der Waals surface area contributed by atoms with Gasteiger partial charge in [0, 0.05) is 20.3 Å². The van der Waals surface area contributed by atoms with Gasteiger partial charge in [0.15, 0.2) is 0 Å². The molecular formula is C9H22FO5PSi. The third-order valence-electron chi connectivity index (χ3n) is 2.17. The Morgan fingerprint density at radius 2 is 1.59 bits per heavy atom. The molecule has 0 saturated carbocycles. The van der Waals surface area contributed by atoms with Gasteiger partial charge in [0.1, 0.15) is 0 Å². The Hall–Kier alpha value is 0.217. The van der Waals surface area contributed by atoms with E-state index >= 15 is 0 Å². The Bertz CT molecular complexity index is 240. The Balaban J connectivity index is 4.18. The van der Waals surface area contributed by atoms with E-state index in [-0.39, 0.29) is 12.2 Å². The summed E-state index contributed by atoms with van der Waals surface area (Å²) in [6.07, 6.45) is 0.530. The average molecular weight is 288 g/mol. The number of halogens is 1. The van der Waals surface area contributed by atoms with Crippen LogP contribution in [0.2, 0.25) is 6.04 Å². The summed E-state index contributed by atoms with van der Waals surface area (Å²) < 4.78 is 45.4. The highest BCUT2D eigenvalue weighted by Crippen LogP contribution is 2.49. The SMILES string of the molecule is CCOP(=O)(CCC[Si](F)(OC)OC)OCC. The Kier molecular flexibility index (Phi) is 8.45. The van der Waals surface area contributed by atoms with Crippen LogP contribution in [-0.4, -0.2) is 42.5 Å². The molecule has 0 aromatic carbocycles. The van der Waals surface area contributed by atoms with E-state index < -0.39 is 16.5 Å². The van der Waals surface area contributed by atoms with Gasteiger partial charge >= 0.3 is 16.5 Å². The zero-order valence-corrected chi connectivity index (χ0v) is 12.8. The van der Waals surface area contributed by atoms with Gasteiger partial charge in [0.05, 0.1) is 19.4 Å². The summed E-state index contributed by atoms with van der Waals surface area (Å²) in [5.41, 5.74) is 0. The Morgan fingerprint density at radius 1 is 1.12 bits per heavy atom. The maximum Gasteiger partial charge on any atom is 0.539 e. The van der Waals surface area contributed by atoms with Crippen molar-refractivity contribution >= 4 is 16.5 Å². The van der Waals surface area contributed by atoms with Crippen LogP contribution >= 0.6 is 7.60 Å². The second kappa shape index (κ2) is 8.34. The molecule has 0 N–H and O–H groups in total. The van der Waals surface area contributed by atoms with Crippen molar-refractivity contribution in [2.24, 2.45) is 0 Å². The largest absolute Gasteiger partial charge is 0.539 e. The van der Waals surface area contributed by atoms with Crippen LogP contribution in [0.4, 0.5) is 4.11 Å². The van der Waals surface area contributed by atoms with Crippen molar-refractivity contribution in [3.63, 3.8) is 0 Å². The molecule has 0 bridgehead atoms. The lowest BCUT2D eigenvalue weighted by Gasteiger charge is -2.20. The van der Waals surface area contributed by atoms with E-state index in [0.29, 0.717) is 19.6 Å². The molecule has 8 heteroatoms. The van der Waals surface area contributed by atoms with Crippen LogP contribution in [-0.2, 0) is 22.5 Å². The van der Waals surface area contributed by atoms with E-state index in [2.05, 4.69) is 0 Å². The van der Waals surface area contributed by atoms with Gasteiger partial charge in [-0.1, -0.05) is 0 Å². The lowest BCUT2D eigenvalue weighted by atomic mass is 10.6. The molecule has 0 aliphatic rings. The molecule has 0 aliphatic heterocycles. The van der Waals surface area contributed by atoms with Crippen LogP contribution in [0.3, 0.4) is 0 Å². The van der Waals surface area contributed by atoms with Gasteiger partial charge in [-0.25, -0.2) is 4.11 Å². The minimum Gasteiger partial charge on any atom is -0.374 e. The molecule has 17 heavy (non-hydrogen) atoms. The summed E-state index contributed by atoms with van der Waals surface area (Å²) >= 11 is 0. The van der Waals surface area contributed by atoms with Crippen LogP contribution < -0.4 is 0 Å². The fourth-order valence-corrected chi connectivity index (χ4v) is 4.47. The predicted octanol–water partition coefficient (Wildman–Crippen LogP) is 2.84. The highest BCUT2D eigenvalue weighted by molar-refractivity contribution is 7.53. The van der Waals surface area contributed by atoms with Crippen molar-refractivity contribution in [2.75, 3.05) is 33.6 Å². The molecule has 0 fully saturated rings. The summed E-state index contributed by atoms with van der Waals surface area (Å²) in [4.78, 5) is 0. The van der Waals surface area contributed by atoms with Gasteiger partial charge in [0.25, 0.3) is 0 Å². The van der Waals surface area contributed by atoms with Crippen molar-refractivity contribution in [3.05, 3.63) is 0 Å². The highest BCUT2D eigenvalue weighted by atomic mass is 31.2. The molecule has 5 nitrogen and oxygen atoms in total. The number of rotatable bonds is 10. The molecule has 0 rings (SSSR count). The van der Waals surface area contributed by atoms with Gasteiger partial charge < -0.3 is 17.9 Å². The summed E-state index contributed by atoms with van der Waals surface area (Å²) in [5.74, 6) is 0. The number of hydrogen-bond acceptors (Lipinski definition) is 5. The Morgan fingerprint density at radius 3 is 1.94 bits per heavy atom. The number of hydrogen-bond donors (Lipinski definition) is 0. The molecule has 0 radical (unpaired) electrons. The molecular weight excluding hydrogens is 266 g/mol. The molecule has 0 amide bonds. The smallest absolute Gasteiger partial charge is 0.374 e. The van der Waals surface area contributed by atoms with Crippen LogP contribution in [0.1, 0.15) is 20.3 Å². The van der Waals surface area contributed by atoms with Gasteiger partial charge in [-0.05, 0) is 20.3 Å². The van der Waals surface area contributed by atoms with Gasteiger partial charge in [0.2, 0.25) is 0 Å². The van der Waals surface area contributed by atoms with Crippen molar-refractivity contribution in [1.29, 1.82) is 0 Å². The van der Waals surface area contributed by atoms with Crippen molar-refractivity contribution in [1.82, 2.24) is 0 Å². The van der Waals surface area contributed by atoms with E-state index in [1.165, 1.54) is 14.2 Å². The summed E-state index contributed by atoms with van der Waals surface area (Å²) in [6, 6.07) is 0.115. The first-order chi connectivity index (χ1) is 7.95. The van der Waals surface area contributed by atoms with Crippen LogP contribution in [0.25, 0.3) is 0 Å². The maximum atomic E-state index is 13.7. The highest BCUT2D eigenvalue weighted by Gasteiger charge is 2.37. The fourth-order valence-electron chi connectivity index (χ4n) is 1.33. The summed E-state index contributed by atoms with van der Waals surface area (Å²) in [5, 5.41) is 0. The lowest BCUT2D eigenvalue weighted by molar-refractivity contribution is 0.191. The van der Waals surface area contributed by atoms with Crippen molar-refractivity contribution in [3.8, 4) is 0 Å². The maximum absolute atomic E-state index is 13.7. The topological polar surface area (TPSA) is 54.0 Å². The molecule has 104 valence electrons. The molecule has 0 heterocycles. The quantitative estimate of drug-likeness (QED) is 0.351. The van der Waals surface area contributed by atoms with E-state index in [0.717, 1.165) is 0 Å². The predicted molar refractivity (Wildman–Crippen MR) is 66.0 cm³/mol.